The van der Waals surface area contributed by atoms with Gasteiger partial charge in [0.1, 0.15) is 5.75 Å². The fourth-order valence-electron chi connectivity index (χ4n) is 1.68. The number of unbranched alkanes of at least 4 members (excludes halogenated alkanes) is 1. The van der Waals surface area contributed by atoms with Crippen LogP contribution >= 0.6 is 0 Å². The lowest BCUT2D eigenvalue weighted by molar-refractivity contribution is 0.241. The molecule has 4 heteroatoms. The highest BCUT2D eigenvalue weighted by atomic mass is 16.5. The third-order valence-electron chi connectivity index (χ3n) is 2.75. The van der Waals surface area contributed by atoms with Crippen LogP contribution in [0.15, 0.2) is 24.3 Å². The van der Waals surface area contributed by atoms with Crippen molar-refractivity contribution in [1.82, 2.24) is 10.6 Å². The van der Waals surface area contributed by atoms with Crippen LogP contribution in [0.5, 0.6) is 5.75 Å². The Bertz CT molecular complexity index is 363. The Morgan fingerprint density at radius 3 is 2.42 bits per heavy atom. The van der Waals surface area contributed by atoms with Crippen LogP contribution in [-0.4, -0.2) is 25.7 Å². The Morgan fingerprint density at radius 1 is 1.11 bits per heavy atom. The lowest BCUT2D eigenvalue weighted by Gasteiger charge is -2.08. The number of benzene rings is 1. The van der Waals surface area contributed by atoms with Crippen molar-refractivity contribution in [3.63, 3.8) is 0 Å². The highest BCUT2D eigenvalue weighted by Crippen LogP contribution is 2.12. The topological polar surface area (TPSA) is 50.4 Å². The predicted molar refractivity (Wildman–Crippen MR) is 77.6 cm³/mol. The number of ether oxygens (including phenoxy) is 1. The van der Waals surface area contributed by atoms with Gasteiger partial charge in [-0.25, -0.2) is 4.79 Å². The lowest BCUT2D eigenvalue weighted by Crippen LogP contribution is -2.37. The molecule has 0 aliphatic rings. The molecule has 0 heterocycles. The normalized spacial score (nSPS) is 10.0. The lowest BCUT2D eigenvalue weighted by atomic mass is 10.1. The summed E-state index contributed by atoms with van der Waals surface area (Å²) in [6, 6.07) is 7.89. The van der Waals surface area contributed by atoms with Gasteiger partial charge in [-0.3, -0.25) is 0 Å². The fraction of sp³-hybridized carbons (Fsp3) is 0.533. The van der Waals surface area contributed by atoms with Crippen LogP contribution in [0.3, 0.4) is 0 Å². The summed E-state index contributed by atoms with van der Waals surface area (Å²) in [4.78, 5) is 11.4. The smallest absolute Gasteiger partial charge is 0.314 e. The second-order valence-corrected chi connectivity index (χ2v) is 4.36. The maximum absolute atomic E-state index is 11.4. The van der Waals surface area contributed by atoms with Crippen molar-refractivity contribution in [3.05, 3.63) is 29.8 Å². The zero-order valence-corrected chi connectivity index (χ0v) is 11.9. The molecule has 2 amide bonds. The van der Waals surface area contributed by atoms with Gasteiger partial charge in [0.25, 0.3) is 0 Å². The first-order valence-electron chi connectivity index (χ1n) is 6.99. The van der Waals surface area contributed by atoms with E-state index in [1.807, 2.05) is 31.2 Å². The van der Waals surface area contributed by atoms with Gasteiger partial charge >= 0.3 is 6.03 Å². The number of carbonyl (C=O) groups excluding carboxylic acids is 1. The first-order chi connectivity index (χ1) is 9.26. The highest BCUT2D eigenvalue weighted by molar-refractivity contribution is 5.73. The van der Waals surface area contributed by atoms with E-state index in [0.29, 0.717) is 13.2 Å². The number of rotatable bonds is 8. The van der Waals surface area contributed by atoms with Crippen molar-refractivity contribution >= 4 is 6.03 Å². The van der Waals surface area contributed by atoms with E-state index in [2.05, 4.69) is 17.6 Å². The van der Waals surface area contributed by atoms with Gasteiger partial charge in [0, 0.05) is 13.1 Å². The summed E-state index contributed by atoms with van der Waals surface area (Å²) in [5.74, 6) is 0.886. The van der Waals surface area contributed by atoms with Gasteiger partial charge in [-0.1, -0.05) is 25.5 Å². The maximum atomic E-state index is 11.4. The zero-order chi connectivity index (χ0) is 13.9. The number of urea groups is 1. The van der Waals surface area contributed by atoms with Crippen LogP contribution in [0.2, 0.25) is 0 Å². The third-order valence-corrected chi connectivity index (χ3v) is 2.75. The molecule has 0 atom stereocenters. The number of nitrogens with one attached hydrogen (secondary N) is 2. The second-order valence-electron chi connectivity index (χ2n) is 4.36. The molecule has 4 nitrogen and oxygen atoms in total. The minimum atomic E-state index is -0.0839. The molecule has 0 spiro atoms. The number of hydrogen-bond donors (Lipinski definition) is 2. The SMILES string of the molecule is CCCCNC(=O)NCCc1ccc(OCC)cc1. The molecule has 0 aromatic heterocycles. The summed E-state index contributed by atoms with van der Waals surface area (Å²) in [6.07, 6.45) is 2.94. The molecule has 106 valence electrons. The standard InChI is InChI=1S/C15H24N2O2/c1-3-5-11-16-15(18)17-12-10-13-6-8-14(9-7-13)19-4-2/h6-9H,3-5,10-12H2,1-2H3,(H2,16,17,18). The summed E-state index contributed by atoms with van der Waals surface area (Å²) in [7, 11) is 0. The van der Waals surface area contributed by atoms with Gasteiger partial charge < -0.3 is 15.4 Å². The largest absolute Gasteiger partial charge is 0.494 e. The van der Waals surface area contributed by atoms with Crippen molar-refractivity contribution in [3.8, 4) is 5.75 Å². The van der Waals surface area contributed by atoms with Gasteiger partial charge in [0.2, 0.25) is 0 Å². The van der Waals surface area contributed by atoms with Gasteiger partial charge in [-0.15, -0.1) is 0 Å². The molecule has 19 heavy (non-hydrogen) atoms. The number of amides is 2. The Balaban J connectivity index is 2.19. The molecule has 0 saturated heterocycles. The van der Waals surface area contributed by atoms with Crippen LogP contribution in [0.1, 0.15) is 32.3 Å². The molecule has 0 unspecified atom stereocenters. The summed E-state index contributed by atoms with van der Waals surface area (Å²) < 4.78 is 5.38. The van der Waals surface area contributed by atoms with E-state index in [-0.39, 0.29) is 6.03 Å². The molecule has 0 aliphatic carbocycles. The average Bonchev–Trinajstić information content (AvgIpc) is 2.41. The Morgan fingerprint density at radius 2 is 1.79 bits per heavy atom. The van der Waals surface area contributed by atoms with E-state index in [1.54, 1.807) is 0 Å². The fourth-order valence-corrected chi connectivity index (χ4v) is 1.68. The third kappa shape index (κ3) is 6.70. The molecule has 1 rings (SSSR count). The minimum Gasteiger partial charge on any atom is -0.494 e. The summed E-state index contributed by atoms with van der Waals surface area (Å²) in [5.41, 5.74) is 1.19. The number of carbonyl (C=O) groups is 1. The van der Waals surface area contributed by atoms with E-state index in [4.69, 9.17) is 4.74 Å². The van der Waals surface area contributed by atoms with Crippen LogP contribution in [0.25, 0.3) is 0 Å². The molecule has 1 aromatic carbocycles. The molecular weight excluding hydrogens is 240 g/mol. The van der Waals surface area contributed by atoms with Crippen molar-refractivity contribution in [2.45, 2.75) is 33.1 Å². The Kier molecular flexibility index (Phi) is 7.47. The first kappa shape index (κ1) is 15.3. The maximum Gasteiger partial charge on any atom is 0.314 e. The summed E-state index contributed by atoms with van der Waals surface area (Å²) in [5, 5.41) is 5.67. The van der Waals surface area contributed by atoms with Crippen molar-refractivity contribution in [2.75, 3.05) is 19.7 Å². The van der Waals surface area contributed by atoms with Gasteiger partial charge in [-0.05, 0) is 37.5 Å². The predicted octanol–water partition coefficient (Wildman–Crippen LogP) is 2.73. The molecule has 0 fully saturated rings. The summed E-state index contributed by atoms with van der Waals surface area (Å²) >= 11 is 0. The Hall–Kier alpha value is -1.71. The van der Waals surface area contributed by atoms with Gasteiger partial charge in [-0.2, -0.15) is 0 Å². The summed E-state index contributed by atoms with van der Waals surface area (Å²) in [6.45, 7) is 6.14. The molecular formula is C15H24N2O2. The van der Waals surface area contributed by atoms with E-state index in [9.17, 15) is 4.79 Å². The van der Waals surface area contributed by atoms with E-state index in [0.717, 1.165) is 31.6 Å². The van der Waals surface area contributed by atoms with Crippen molar-refractivity contribution in [2.24, 2.45) is 0 Å². The molecule has 0 aliphatic heterocycles. The molecule has 0 saturated carbocycles. The second kappa shape index (κ2) is 9.25. The average molecular weight is 264 g/mol. The van der Waals surface area contributed by atoms with Gasteiger partial charge in [0.15, 0.2) is 0 Å². The van der Waals surface area contributed by atoms with Crippen LogP contribution in [-0.2, 0) is 6.42 Å². The Labute approximate surface area is 115 Å². The van der Waals surface area contributed by atoms with Gasteiger partial charge in [0.05, 0.1) is 6.61 Å². The van der Waals surface area contributed by atoms with Crippen molar-refractivity contribution < 1.29 is 9.53 Å². The molecule has 0 bridgehead atoms. The minimum absolute atomic E-state index is 0.0839. The molecule has 1 aromatic rings. The zero-order valence-electron chi connectivity index (χ0n) is 11.9. The van der Waals surface area contributed by atoms with E-state index >= 15 is 0 Å². The highest BCUT2D eigenvalue weighted by Gasteiger charge is 1.99. The number of hydrogen-bond acceptors (Lipinski definition) is 2. The molecule has 2 N–H and O–H groups in total. The van der Waals surface area contributed by atoms with Crippen LogP contribution < -0.4 is 15.4 Å². The van der Waals surface area contributed by atoms with Crippen LogP contribution in [0.4, 0.5) is 4.79 Å². The quantitative estimate of drug-likeness (QED) is 0.709. The van der Waals surface area contributed by atoms with Crippen LogP contribution in [0, 0.1) is 0 Å². The van der Waals surface area contributed by atoms with E-state index in [1.165, 1.54) is 5.56 Å². The van der Waals surface area contributed by atoms with Crippen molar-refractivity contribution in [1.29, 1.82) is 0 Å². The monoisotopic (exact) mass is 264 g/mol. The van der Waals surface area contributed by atoms with E-state index < -0.39 is 0 Å². The first-order valence-corrected chi connectivity index (χ1v) is 6.99. The molecule has 0 radical (unpaired) electrons.